The van der Waals surface area contributed by atoms with E-state index in [2.05, 4.69) is 4.57 Å². The van der Waals surface area contributed by atoms with Gasteiger partial charge in [0.1, 0.15) is 5.75 Å². The molecule has 0 saturated carbocycles. The highest BCUT2D eigenvalue weighted by molar-refractivity contribution is 6.30. The highest BCUT2D eigenvalue weighted by Gasteiger charge is 2.38. The number of esters is 1. The molecule has 0 radical (unpaired) electrons. The number of carbonyl (C=O) groups excluding carboxylic acids is 2. The first kappa shape index (κ1) is 24.4. The third-order valence-electron chi connectivity index (χ3n) is 6.05. The molecule has 4 rings (SSSR count). The Morgan fingerprint density at radius 3 is 2.37 bits per heavy atom. The number of amides is 1. The fourth-order valence-electron chi connectivity index (χ4n) is 4.43. The molecule has 0 aliphatic carbocycles. The molecule has 3 aromatic rings. The number of hydrogen-bond donors (Lipinski definition) is 0. The molecule has 0 bridgehead atoms. The summed E-state index contributed by atoms with van der Waals surface area (Å²) in [6, 6.07) is 16.7. The van der Waals surface area contributed by atoms with E-state index in [9.17, 15) is 9.59 Å². The summed E-state index contributed by atoms with van der Waals surface area (Å²) in [5.41, 5.74) is 5.38. The minimum absolute atomic E-state index is 0.211. The maximum Gasteiger partial charge on any atom is 0.340 e. The van der Waals surface area contributed by atoms with E-state index < -0.39 is 5.97 Å². The Balaban J connectivity index is 1.83. The predicted molar refractivity (Wildman–Crippen MR) is 138 cm³/mol. The Kier molecular flexibility index (Phi) is 6.85. The van der Waals surface area contributed by atoms with Crippen LogP contribution >= 0.6 is 11.6 Å². The third-order valence-corrected chi connectivity index (χ3v) is 6.28. The zero-order valence-corrected chi connectivity index (χ0v) is 21.1. The summed E-state index contributed by atoms with van der Waals surface area (Å²) in [6.07, 6.45) is 1.77. The maximum atomic E-state index is 13.7. The average molecular weight is 491 g/mol. The van der Waals surface area contributed by atoms with Gasteiger partial charge in [0.25, 0.3) is 5.91 Å². The largest absolute Gasteiger partial charge is 0.497 e. The molecule has 180 valence electrons. The Hall–Kier alpha value is -3.77. The van der Waals surface area contributed by atoms with Crippen LogP contribution in [0, 0.1) is 13.8 Å². The molecule has 1 amide bonds. The van der Waals surface area contributed by atoms with E-state index in [1.165, 1.54) is 4.90 Å². The molecule has 0 spiro atoms. The fourth-order valence-corrected chi connectivity index (χ4v) is 4.61. The highest BCUT2D eigenvalue weighted by Crippen LogP contribution is 2.37. The van der Waals surface area contributed by atoms with Gasteiger partial charge in [0.15, 0.2) is 0 Å². The van der Waals surface area contributed by atoms with Crippen LogP contribution in [0.2, 0.25) is 5.02 Å². The van der Waals surface area contributed by atoms with Crippen molar-refractivity contribution in [3.05, 3.63) is 93.4 Å². The number of rotatable bonds is 6. The van der Waals surface area contributed by atoms with Gasteiger partial charge in [-0.2, -0.15) is 0 Å². The number of anilines is 1. The smallest absolute Gasteiger partial charge is 0.340 e. The van der Waals surface area contributed by atoms with Gasteiger partial charge in [-0.15, -0.1) is 0 Å². The summed E-state index contributed by atoms with van der Waals surface area (Å²) in [4.78, 5) is 28.2. The van der Waals surface area contributed by atoms with Gasteiger partial charge in [-0.25, -0.2) is 4.79 Å². The summed E-state index contributed by atoms with van der Waals surface area (Å²) in [6.45, 7) is 7.67. The zero-order valence-electron chi connectivity index (χ0n) is 20.4. The van der Waals surface area contributed by atoms with Gasteiger partial charge >= 0.3 is 5.97 Å². The standard InChI is InChI=1S/C28H27ClN2O4/c1-6-35-28(33)26-19(4)31(22-10-12-24(34-5)13-11-22)27(32)25(26)15-20-14-17(2)30(18(20)3)23-9-7-8-21(29)16-23/h7-16H,6H2,1-5H3/b25-15-. The molecule has 0 N–H and O–H groups in total. The molecule has 1 aromatic heterocycles. The van der Waals surface area contributed by atoms with Gasteiger partial charge in [0.05, 0.1) is 24.9 Å². The zero-order chi connectivity index (χ0) is 25.3. The minimum atomic E-state index is -0.524. The Morgan fingerprint density at radius 2 is 1.74 bits per heavy atom. The van der Waals surface area contributed by atoms with E-state index in [4.69, 9.17) is 21.1 Å². The van der Waals surface area contributed by atoms with E-state index in [-0.39, 0.29) is 18.1 Å². The number of ether oxygens (including phenoxy) is 2. The highest BCUT2D eigenvalue weighted by atomic mass is 35.5. The van der Waals surface area contributed by atoms with E-state index in [0.717, 1.165) is 22.6 Å². The average Bonchev–Trinajstić information content (AvgIpc) is 3.25. The van der Waals surface area contributed by atoms with Crippen molar-refractivity contribution in [2.24, 2.45) is 0 Å². The molecule has 2 aromatic carbocycles. The molecule has 2 heterocycles. The third kappa shape index (κ3) is 4.49. The second-order valence-corrected chi connectivity index (χ2v) is 8.66. The number of carbonyl (C=O) groups is 2. The van der Waals surface area contributed by atoms with Crippen molar-refractivity contribution < 1.29 is 19.1 Å². The van der Waals surface area contributed by atoms with Gasteiger partial charge in [-0.3, -0.25) is 9.69 Å². The van der Waals surface area contributed by atoms with E-state index >= 15 is 0 Å². The molecule has 0 fully saturated rings. The first-order chi connectivity index (χ1) is 16.8. The first-order valence-corrected chi connectivity index (χ1v) is 11.7. The number of aromatic nitrogens is 1. The van der Waals surface area contributed by atoms with Crippen molar-refractivity contribution in [1.82, 2.24) is 4.57 Å². The normalized spacial score (nSPS) is 14.7. The number of allylic oxidation sites excluding steroid dienone is 1. The monoisotopic (exact) mass is 490 g/mol. The number of hydrogen-bond acceptors (Lipinski definition) is 4. The van der Waals surface area contributed by atoms with Crippen molar-refractivity contribution in [2.75, 3.05) is 18.6 Å². The molecule has 1 aliphatic rings. The summed E-state index contributed by atoms with van der Waals surface area (Å²) in [7, 11) is 1.58. The Bertz CT molecular complexity index is 1370. The van der Waals surface area contributed by atoms with Crippen LogP contribution in [0.3, 0.4) is 0 Å². The topological polar surface area (TPSA) is 60.8 Å². The maximum absolute atomic E-state index is 13.7. The van der Waals surface area contributed by atoms with Crippen molar-refractivity contribution in [3.8, 4) is 11.4 Å². The van der Waals surface area contributed by atoms with E-state index in [1.54, 1.807) is 51.3 Å². The van der Waals surface area contributed by atoms with Gasteiger partial charge in [-0.1, -0.05) is 17.7 Å². The van der Waals surface area contributed by atoms with E-state index in [1.807, 2.05) is 44.2 Å². The van der Waals surface area contributed by atoms with Gasteiger partial charge in [0.2, 0.25) is 0 Å². The minimum Gasteiger partial charge on any atom is -0.497 e. The lowest BCUT2D eigenvalue weighted by molar-refractivity contribution is -0.138. The molecular weight excluding hydrogens is 464 g/mol. The molecule has 1 aliphatic heterocycles. The molecule has 6 nitrogen and oxygen atoms in total. The number of halogens is 1. The van der Waals surface area contributed by atoms with Gasteiger partial charge in [-0.05, 0) is 87.9 Å². The van der Waals surface area contributed by atoms with Crippen LogP contribution < -0.4 is 9.64 Å². The number of aryl methyl sites for hydroxylation is 1. The molecule has 7 heteroatoms. The first-order valence-electron chi connectivity index (χ1n) is 11.3. The molecule has 35 heavy (non-hydrogen) atoms. The number of methoxy groups -OCH3 is 1. The summed E-state index contributed by atoms with van der Waals surface area (Å²) in [5, 5.41) is 0.638. The van der Waals surface area contributed by atoms with Crippen LogP contribution in [0.15, 0.2) is 71.4 Å². The van der Waals surface area contributed by atoms with Crippen molar-refractivity contribution in [1.29, 1.82) is 0 Å². The van der Waals surface area contributed by atoms with Crippen LogP contribution in [-0.2, 0) is 14.3 Å². The van der Waals surface area contributed by atoms with E-state index in [0.29, 0.717) is 27.7 Å². The second-order valence-electron chi connectivity index (χ2n) is 8.22. The summed E-state index contributed by atoms with van der Waals surface area (Å²) < 4.78 is 12.6. The molecule has 0 unspecified atom stereocenters. The number of benzene rings is 2. The second kappa shape index (κ2) is 9.84. The fraction of sp³-hybridized carbons (Fsp3) is 0.214. The summed E-state index contributed by atoms with van der Waals surface area (Å²) in [5.74, 6) is -0.135. The van der Waals surface area contributed by atoms with Crippen LogP contribution in [0.5, 0.6) is 5.75 Å². The molecular formula is C28H27ClN2O4. The Labute approximate surface area is 210 Å². The van der Waals surface area contributed by atoms with Crippen molar-refractivity contribution in [3.63, 3.8) is 0 Å². The predicted octanol–water partition coefficient (Wildman–Crippen LogP) is 6.02. The van der Waals surface area contributed by atoms with Gasteiger partial charge in [0, 0.05) is 33.5 Å². The SMILES string of the molecule is CCOC(=O)C1=C(C)N(c2ccc(OC)cc2)C(=O)/C1=C\c1cc(C)n(-c2cccc(Cl)c2)c1C. The molecule has 0 saturated heterocycles. The Morgan fingerprint density at radius 1 is 1.03 bits per heavy atom. The lowest BCUT2D eigenvalue weighted by atomic mass is 10.0. The lowest BCUT2D eigenvalue weighted by Crippen LogP contribution is -2.24. The quantitative estimate of drug-likeness (QED) is 0.313. The van der Waals surface area contributed by atoms with Crippen molar-refractivity contribution in [2.45, 2.75) is 27.7 Å². The lowest BCUT2D eigenvalue weighted by Gasteiger charge is -2.18. The molecule has 0 atom stereocenters. The number of nitrogens with zero attached hydrogens (tertiary/aromatic N) is 2. The summed E-state index contributed by atoms with van der Waals surface area (Å²) >= 11 is 6.22. The van der Waals surface area contributed by atoms with Crippen LogP contribution in [0.1, 0.15) is 30.8 Å². The van der Waals surface area contributed by atoms with Crippen molar-refractivity contribution >= 4 is 35.2 Å². The van der Waals surface area contributed by atoms with Gasteiger partial charge < -0.3 is 14.0 Å². The van der Waals surface area contributed by atoms with Crippen LogP contribution in [-0.4, -0.2) is 30.2 Å². The van der Waals surface area contributed by atoms with Crippen LogP contribution in [0.4, 0.5) is 5.69 Å². The van der Waals surface area contributed by atoms with Crippen LogP contribution in [0.25, 0.3) is 11.8 Å².